The third kappa shape index (κ3) is 6.26. The van der Waals surface area contributed by atoms with Crippen LogP contribution in [0.3, 0.4) is 0 Å². The summed E-state index contributed by atoms with van der Waals surface area (Å²) in [5.74, 6) is -1.47. The minimum absolute atomic E-state index is 0.136. The number of halogens is 3. The zero-order chi connectivity index (χ0) is 25.5. The van der Waals surface area contributed by atoms with Crippen molar-refractivity contribution in [2.24, 2.45) is 5.10 Å². The average Bonchev–Trinajstić information content (AvgIpc) is 3.56. The molecule has 2 aromatic carbocycles. The molecule has 0 fully saturated rings. The average molecular weight is 496 g/mol. The van der Waals surface area contributed by atoms with Gasteiger partial charge in [0.2, 0.25) is 5.76 Å². The molecule has 1 amide bonds. The summed E-state index contributed by atoms with van der Waals surface area (Å²) in [5.41, 5.74) is -0.484. The van der Waals surface area contributed by atoms with Crippen LogP contribution in [-0.2, 0) is 22.3 Å². The fourth-order valence-electron chi connectivity index (χ4n) is 3.14. The lowest BCUT2D eigenvalue weighted by Crippen LogP contribution is -2.31. The number of ether oxygens (including phenoxy) is 1. The van der Waals surface area contributed by atoms with Crippen LogP contribution in [0.25, 0.3) is 0 Å². The second kappa shape index (κ2) is 10.7. The molecule has 0 saturated carbocycles. The molecule has 11 heteroatoms. The number of hydrazone groups is 1. The van der Waals surface area contributed by atoms with Gasteiger partial charge in [-0.2, -0.15) is 28.4 Å². The van der Waals surface area contributed by atoms with Gasteiger partial charge in [-0.3, -0.25) is 9.48 Å². The SMILES string of the molecule is O=C(OCC(=O)N(/N=C/c1ccccc1)c1cccc(C(F)(F)F)c1)c1ccc(Cn2cccn2)o1. The Hall–Kier alpha value is -4.67. The second-order valence-corrected chi connectivity index (χ2v) is 7.45. The summed E-state index contributed by atoms with van der Waals surface area (Å²) in [7, 11) is 0. The normalized spacial score (nSPS) is 11.5. The van der Waals surface area contributed by atoms with E-state index in [0.717, 1.165) is 23.2 Å². The van der Waals surface area contributed by atoms with E-state index in [1.54, 1.807) is 59.5 Å². The van der Waals surface area contributed by atoms with Gasteiger partial charge in [0.15, 0.2) is 6.61 Å². The minimum Gasteiger partial charge on any atom is -0.452 e. The van der Waals surface area contributed by atoms with Crippen LogP contribution in [0.5, 0.6) is 0 Å². The largest absolute Gasteiger partial charge is 0.452 e. The number of hydrogen-bond acceptors (Lipinski definition) is 6. The zero-order valence-corrected chi connectivity index (χ0v) is 18.6. The van der Waals surface area contributed by atoms with Gasteiger partial charge < -0.3 is 9.15 Å². The molecular formula is C25H19F3N4O4. The molecule has 0 atom stereocenters. The monoisotopic (exact) mass is 496 g/mol. The van der Waals surface area contributed by atoms with E-state index in [9.17, 15) is 22.8 Å². The van der Waals surface area contributed by atoms with Gasteiger partial charge in [-0.1, -0.05) is 36.4 Å². The van der Waals surface area contributed by atoms with Gasteiger partial charge in [-0.25, -0.2) is 4.79 Å². The van der Waals surface area contributed by atoms with Gasteiger partial charge in [0.25, 0.3) is 5.91 Å². The van der Waals surface area contributed by atoms with E-state index in [4.69, 9.17) is 9.15 Å². The number of aromatic nitrogens is 2. The molecule has 0 bridgehead atoms. The van der Waals surface area contributed by atoms with E-state index in [1.165, 1.54) is 18.3 Å². The zero-order valence-electron chi connectivity index (χ0n) is 18.6. The molecular weight excluding hydrogens is 477 g/mol. The molecule has 0 spiro atoms. The molecule has 36 heavy (non-hydrogen) atoms. The topological polar surface area (TPSA) is 89.9 Å². The maximum atomic E-state index is 13.2. The fraction of sp³-hybridized carbons (Fsp3) is 0.120. The van der Waals surface area contributed by atoms with Gasteiger partial charge in [-0.15, -0.1) is 0 Å². The standard InChI is InChI=1S/C25H19F3N4O4/c26-25(27,28)19-8-4-9-20(14-19)32(30-15-18-6-2-1-3-7-18)23(33)17-35-24(34)22-11-10-21(36-22)16-31-13-5-12-29-31/h1-15H,16-17H2/b30-15+. The highest BCUT2D eigenvalue weighted by atomic mass is 19.4. The number of hydrogen-bond donors (Lipinski definition) is 0. The Bertz CT molecular complexity index is 1350. The highest BCUT2D eigenvalue weighted by Gasteiger charge is 2.31. The first kappa shape index (κ1) is 24.5. The first-order valence-corrected chi connectivity index (χ1v) is 10.6. The first-order valence-electron chi connectivity index (χ1n) is 10.6. The Morgan fingerprint density at radius 2 is 1.86 bits per heavy atom. The van der Waals surface area contributed by atoms with Crippen LogP contribution >= 0.6 is 0 Å². The Labute approximate surface area is 203 Å². The number of nitrogens with zero attached hydrogens (tertiary/aromatic N) is 4. The summed E-state index contributed by atoms with van der Waals surface area (Å²) in [6, 6.07) is 17.5. The van der Waals surface area contributed by atoms with E-state index in [1.807, 2.05) is 0 Å². The van der Waals surface area contributed by atoms with Crippen LogP contribution in [-0.4, -0.2) is 34.5 Å². The van der Waals surface area contributed by atoms with Crippen LogP contribution in [0.4, 0.5) is 18.9 Å². The van der Waals surface area contributed by atoms with Crippen molar-refractivity contribution in [1.29, 1.82) is 0 Å². The molecule has 8 nitrogen and oxygen atoms in total. The van der Waals surface area contributed by atoms with Gasteiger partial charge in [0.05, 0.1) is 24.0 Å². The molecule has 4 aromatic rings. The maximum Gasteiger partial charge on any atom is 0.416 e. The number of carbonyl (C=O) groups is 2. The summed E-state index contributed by atoms with van der Waals surface area (Å²) in [6.45, 7) is -0.493. The molecule has 0 aliphatic carbocycles. The lowest BCUT2D eigenvalue weighted by atomic mass is 10.2. The van der Waals surface area contributed by atoms with E-state index in [-0.39, 0.29) is 18.0 Å². The van der Waals surface area contributed by atoms with Crippen LogP contribution in [0.2, 0.25) is 0 Å². The summed E-state index contributed by atoms with van der Waals surface area (Å²) < 4.78 is 51.7. The van der Waals surface area contributed by atoms with Crippen molar-refractivity contribution >= 4 is 23.8 Å². The van der Waals surface area contributed by atoms with Gasteiger partial charge in [0.1, 0.15) is 5.76 Å². The Balaban J connectivity index is 1.49. The third-order valence-corrected chi connectivity index (χ3v) is 4.84. The van der Waals surface area contributed by atoms with Crippen LogP contribution in [0.15, 0.2) is 94.7 Å². The van der Waals surface area contributed by atoms with Crippen LogP contribution in [0.1, 0.15) is 27.4 Å². The number of rotatable bonds is 8. The molecule has 2 heterocycles. The molecule has 0 saturated heterocycles. The van der Waals surface area contributed by atoms with Crippen molar-refractivity contribution < 1.29 is 31.9 Å². The maximum absolute atomic E-state index is 13.2. The number of alkyl halides is 3. The summed E-state index contributed by atoms with van der Waals surface area (Å²) in [5, 5.41) is 8.84. The highest BCUT2D eigenvalue weighted by molar-refractivity contribution is 5.97. The minimum atomic E-state index is -4.62. The highest BCUT2D eigenvalue weighted by Crippen LogP contribution is 2.31. The van der Waals surface area contributed by atoms with Crippen molar-refractivity contribution in [2.45, 2.75) is 12.7 Å². The van der Waals surface area contributed by atoms with Crippen molar-refractivity contribution in [3.63, 3.8) is 0 Å². The third-order valence-electron chi connectivity index (χ3n) is 4.84. The molecule has 0 N–H and O–H groups in total. The van der Waals surface area contributed by atoms with Gasteiger partial charge >= 0.3 is 12.1 Å². The number of carbonyl (C=O) groups excluding carboxylic acids is 2. The predicted molar refractivity (Wildman–Crippen MR) is 123 cm³/mol. The predicted octanol–water partition coefficient (Wildman–Crippen LogP) is 4.77. The number of amides is 1. The molecule has 4 rings (SSSR count). The molecule has 2 aromatic heterocycles. The van der Waals surface area contributed by atoms with E-state index in [2.05, 4.69) is 10.2 Å². The lowest BCUT2D eigenvalue weighted by molar-refractivity contribution is -0.137. The van der Waals surface area contributed by atoms with Gasteiger partial charge in [-0.05, 0) is 42.0 Å². The van der Waals surface area contributed by atoms with Crippen molar-refractivity contribution in [3.05, 3.63) is 108 Å². The molecule has 0 aliphatic heterocycles. The van der Waals surface area contributed by atoms with Crippen molar-refractivity contribution in [2.75, 3.05) is 11.6 Å². The number of furan rings is 1. The number of esters is 1. The Morgan fingerprint density at radius 3 is 2.58 bits per heavy atom. The summed E-state index contributed by atoms with van der Waals surface area (Å²) in [4.78, 5) is 25.3. The quantitative estimate of drug-likeness (QED) is 0.199. The summed E-state index contributed by atoms with van der Waals surface area (Å²) in [6.07, 6.45) is 0.0131. The molecule has 184 valence electrons. The van der Waals surface area contributed by atoms with Crippen LogP contribution in [0, 0.1) is 0 Å². The Morgan fingerprint density at radius 1 is 1.06 bits per heavy atom. The van der Waals surface area contributed by atoms with Gasteiger partial charge in [0, 0.05) is 12.4 Å². The fourth-order valence-corrected chi connectivity index (χ4v) is 3.14. The molecule has 0 unspecified atom stereocenters. The van der Waals surface area contributed by atoms with E-state index >= 15 is 0 Å². The number of benzene rings is 2. The molecule has 0 radical (unpaired) electrons. The lowest BCUT2D eigenvalue weighted by Gasteiger charge is -2.18. The first-order chi connectivity index (χ1) is 17.3. The van der Waals surface area contributed by atoms with E-state index < -0.39 is 30.2 Å². The number of anilines is 1. The Kier molecular flexibility index (Phi) is 7.28. The van der Waals surface area contributed by atoms with E-state index in [0.29, 0.717) is 11.3 Å². The smallest absolute Gasteiger partial charge is 0.416 e. The van der Waals surface area contributed by atoms with Crippen molar-refractivity contribution in [3.8, 4) is 0 Å². The molecule has 0 aliphatic rings. The summed E-state index contributed by atoms with van der Waals surface area (Å²) >= 11 is 0. The van der Waals surface area contributed by atoms with Crippen LogP contribution < -0.4 is 5.01 Å². The van der Waals surface area contributed by atoms with Crippen molar-refractivity contribution in [1.82, 2.24) is 9.78 Å². The second-order valence-electron chi connectivity index (χ2n) is 7.45.